The number of unbranched alkanes of at least 4 members (excludes halogenated alkanes) is 2. The maximum atomic E-state index is 6.15. The Kier molecular flexibility index (Phi) is 6.40. The minimum Gasteiger partial charge on any atom is -0.369 e. The molecule has 3 aromatic rings. The Hall–Kier alpha value is -1.75. The zero-order valence-corrected chi connectivity index (χ0v) is 17.5. The van der Waals surface area contributed by atoms with Gasteiger partial charge in [0.05, 0.1) is 27.4 Å². The largest absolute Gasteiger partial charge is 0.369 e. The van der Waals surface area contributed by atoms with E-state index in [9.17, 15) is 0 Å². The fraction of sp³-hybridized carbons (Fsp3) is 0.409. The summed E-state index contributed by atoms with van der Waals surface area (Å²) in [5.74, 6) is 0. The van der Waals surface area contributed by atoms with E-state index in [-0.39, 0.29) is 0 Å². The number of hydrogen-bond acceptors (Lipinski definition) is 3. The fourth-order valence-corrected chi connectivity index (χ4v) is 4.19. The van der Waals surface area contributed by atoms with E-state index >= 15 is 0 Å². The first kappa shape index (κ1) is 19.6. The first-order valence-corrected chi connectivity index (χ1v) is 10.8. The smallest absolute Gasteiger partial charge is 0.0958 e. The molecule has 4 rings (SSSR count). The van der Waals surface area contributed by atoms with Crippen LogP contribution in [0.2, 0.25) is 10.0 Å². The van der Waals surface area contributed by atoms with Crippen LogP contribution in [0.25, 0.3) is 11.0 Å². The van der Waals surface area contributed by atoms with Crippen molar-refractivity contribution in [2.24, 2.45) is 0 Å². The highest BCUT2D eigenvalue weighted by atomic mass is 35.5. The highest BCUT2D eigenvalue weighted by Crippen LogP contribution is 2.27. The predicted molar refractivity (Wildman–Crippen MR) is 119 cm³/mol. The summed E-state index contributed by atoms with van der Waals surface area (Å²) in [5, 5.41) is 1.25. The monoisotopic (exact) mass is 416 g/mol. The van der Waals surface area contributed by atoms with Crippen molar-refractivity contribution in [3.8, 4) is 0 Å². The molecular weight excluding hydrogens is 391 g/mol. The lowest BCUT2D eigenvalue weighted by molar-refractivity contribution is 0.251. The Morgan fingerprint density at radius 1 is 0.821 bits per heavy atom. The number of benzene rings is 2. The molecular formula is C22H26Cl2N4. The van der Waals surface area contributed by atoms with Gasteiger partial charge in [0, 0.05) is 38.4 Å². The van der Waals surface area contributed by atoms with Crippen LogP contribution >= 0.6 is 23.2 Å². The van der Waals surface area contributed by atoms with Crippen LogP contribution in [0.4, 0.5) is 5.69 Å². The highest BCUT2D eigenvalue weighted by Gasteiger charge is 2.17. The third kappa shape index (κ3) is 4.62. The van der Waals surface area contributed by atoms with Gasteiger partial charge in [0.15, 0.2) is 0 Å². The van der Waals surface area contributed by atoms with Gasteiger partial charge in [-0.2, -0.15) is 0 Å². The van der Waals surface area contributed by atoms with E-state index in [1.54, 1.807) is 0 Å². The van der Waals surface area contributed by atoms with Crippen molar-refractivity contribution < 1.29 is 0 Å². The van der Waals surface area contributed by atoms with E-state index in [0.717, 1.165) is 38.2 Å². The zero-order valence-electron chi connectivity index (χ0n) is 16.0. The van der Waals surface area contributed by atoms with Crippen LogP contribution in [0.3, 0.4) is 0 Å². The number of rotatable bonds is 7. The van der Waals surface area contributed by atoms with Crippen molar-refractivity contribution >= 4 is 39.9 Å². The Balaban J connectivity index is 1.16. The highest BCUT2D eigenvalue weighted by molar-refractivity contribution is 6.42. The summed E-state index contributed by atoms with van der Waals surface area (Å²) in [5.41, 5.74) is 3.49. The molecule has 1 aromatic heterocycles. The lowest BCUT2D eigenvalue weighted by Crippen LogP contribution is -2.46. The number of aromatic nitrogens is 2. The quantitative estimate of drug-likeness (QED) is 0.486. The fourth-order valence-electron chi connectivity index (χ4n) is 3.89. The van der Waals surface area contributed by atoms with Gasteiger partial charge < -0.3 is 9.47 Å². The molecule has 0 saturated carbocycles. The molecule has 0 radical (unpaired) electrons. The molecule has 148 valence electrons. The molecule has 2 aromatic carbocycles. The molecule has 1 saturated heterocycles. The molecule has 6 heteroatoms. The van der Waals surface area contributed by atoms with Gasteiger partial charge in [0.1, 0.15) is 0 Å². The molecule has 0 amide bonds. The van der Waals surface area contributed by atoms with Gasteiger partial charge in [-0.15, -0.1) is 0 Å². The second-order valence-corrected chi connectivity index (χ2v) is 8.23. The number of fused-ring (bicyclic) bond motifs is 1. The van der Waals surface area contributed by atoms with Crippen molar-refractivity contribution in [1.82, 2.24) is 14.5 Å². The summed E-state index contributed by atoms with van der Waals surface area (Å²) in [6, 6.07) is 14.3. The molecule has 1 aliphatic heterocycles. The van der Waals surface area contributed by atoms with Crippen molar-refractivity contribution in [1.29, 1.82) is 0 Å². The molecule has 4 nitrogen and oxygen atoms in total. The van der Waals surface area contributed by atoms with Crippen molar-refractivity contribution in [2.45, 2.75) is 25.8 Å². The number of para-hydroxylation sites is 2. The first-order chi connectivity index (χ1) is 13.7. The summed E-state index contributed by atoms with van der Waals surface area (Å²) in [7, 11) is 0. The zero-order chi connectivity index (χ0) is 19.3. The van der Waals surface area contributed by atoms with Crippen LogP contribution in [0.1, 0.15) is 19.3 Å². The number of nitrogens with zero attached hydrogens (tertiary/aromatic N) is 4. The minimum absolute atomic E-state index is 0.618. The third-order valence-electron chi connectivity index (χ3n) is 5.54. The summed E-state index contributed by atoms with van der Waals surface area (Å²) in [4.78, 5) is 9.43. The lowest BCUT2D eigenvalue weighted by Gasteiger charge is -2.36. The standard InChI is InChI=1S/C22H26Cl2N4/c23-19-9-8-18(16-20(19)24)27-14-12-26(13-15-27)10-4-1-5-11-28-17-25-21-6-2-3-7-22(21)28/h2-3,6-9,16-17H,1,4-5,10-15H2. The van der Waals surface area contributed by atoms with E-state index in [0.29, 0.717) is 10.0 Å². The molecule has 0 bridgehead atoms. The molecule has 28 heavy (non-hydrogen) atoms. The van der Waals surface area contributed by atoms with E-state index in [1.807, 2.05) is 24.5 Å². The second kappa shape index (κ2) is 9.17. The van der Waals surface area contributed by atoms with Gasteiger partial charge in [0.25, 0.3) is 0 Å². The molecule has 0 N–H and O–H groups in total. The first-order valence-electron chi connectivity index (χ1n) is 10.0. The average Bonchev–Trinajstić information content (AvgIpc) is 3.13. The topological polar surface area (TPSA) is 24.3 Å². The number of aryl methyl sites for hydroxylation is 1. The van der Waals surface area contributed by atoms with E-state index in [1.165, 1.54) is 37.0 Å². The Morgan fingerprint density at radius 3 is 2.43 bits per heavy atom. The average molecular weight is 417 g/mol. The summed E-state index contributed by atoms with van der Waals surface area (Å²) in [6.07, 6.45) is 5.66. The second-order valence-electron chi connectivity index (χ2n) is 7.41. The van der Waals surface area contributed by atoms with Gasteiger partial charge in [-0.25, -0.2) is 4.98 Å². The number of hydrogen-bond donors (Lipinski definition) is 0. The van der Waals surface area contributed by atoms with Crippen LogP contribution in [0.15, 0.2) is 48.8 Å². The number of piperazine rings is 1. The Morgan fingerprint density at radius 2 is 1.61 bits per heavy atom. The van der Waals surface area contributed by atoms with E-state index in [2.05, 4.69) is 43.6 Å². The molecule has 0 atom stereocenters. The van der Waals surface area contributed by atoms with Gasteiger partial charge in [0.2, 0.25) is 0 Å². The van der Waals surface area contributed by atoms with Crippen LogP contribution in [-0.2, 0) is 6.54 Å². The van der Waals surface area contributed by atoms with Gasteiger partial charge in [-0.3, -0.25) is 4.90 Å². The number of anilines is 1. The summed E-state index contributed by atoms with van der Waals surface area (Å²) >= 11 is 12.2. The molecule has 1 fully saturated rings. The van der Waals surface area contributed by atoms with Gasteiger partial charge in [-0.05, 0) is 49.7 Å². The van der Waals surface area contributed by atoms with Gasteiger partial charge >= 0.3 is 0 Å². The number of imidazole rings is 1. The Bertz CT molecular complexity index is 916. The molecule has 1 aliphatic rings. The van der Waals surface area contributed by atoms with Crippen LogP contribution < -0.4 is 4.90 Å². The minimum atomic E-state index is 0.618. The van der Waals surface area contributed by atoms with Crippen LogP contribution in [0.5, 0.6) is 0 Å². The lowest BCUT2D eigenvalue weighted by atomic mass is 10.2. The Labute approximate surface area is 176 Å². The van der Waals surface area contributed by atoms with E-state index < -0.39 is 0 Å². The summed E-state index contributed by atoms with van der Waals surface area (Å²) in [6.45, 7) is 6.52. The molecule has 2 heterocycles. The molecule has 0 spiro atoms. The van der Waals surface area contributed by atoms with Crippen molar-refractivity contribution in [2.75, 3.05) is 37.6 Å². The van der Waals surface area contributed by atoms with Crippen molar-refractivity contribution in [3.63, 3.8) is 0 Å². The van der Waals surface area contributed by atoms with Gasteiger partial charge in [-0.1, -0.05) is 41.8 Å². The predicted octanol–water partition coefficient (Wildman–Crippen LogP) is 5.34. The SMILES string of the molecule is Clc1ccc(N2CCN(CCCCCn3cnc4ccccc43)CC2)cc1Cl. The molecule has 0 unspecified atom stereocenters. The van der Waals surface area contributed by atoms with E-state index in [4.69, 9.17) is 23.2 Å². The van der Waals surface area contributed by atoms with Crippen LogP contribution in [0, 0.1) is 0 Å². The number of halogens is 2. The maximum Gasteiger partial charge on any atom is 0.0958 e. The summed E-state index contributed by atoms with van der Waals surface area (Å²) < 4.78 is 2.27. The normalized spacial score (nSPS) is 15.4. The van der Waals surface area contributed by atoms with Crippen molar-refractivity contribution in [3.05, 3.63) is 58.8 Å². The molecule has 0 aliphatic carbocycles. The third-order valence-corrected chi connectivity index (χ3v) is 6.28. The maximum absolute atomic E-state index is 6.15. The van der Waals surface area contributed by atoms with Crippen LogP contribution in [-0.4, -0.2) is 47.2 Å².